The van der Waals surface area contributed by atoms with Crippen LogP contribution >= 0.6 is 0 Å². The second-order valence-corrected chi connectivity index (χ2v) is 7.72. The number of carbonyl (C=O) groups is 2. The molecule has 4 rings (SSSR count). The summed E-state index contributed by atoms with van der Waals surface area (Å²) in [4.78, 5) is 29.7. The number of aryl methyl sites for hydroxylation is 1. The van der Waals surface area contributed by atoms with Crippen molar-refractivity contribution in [3.8, 4) is 0 Å². The fraction of sp³-hybridized carbons (Fsp3) is 0.154. The first kappa shape index (κ1) is 20.5. The number of halogens is 1. The average Bonchev–Trinajstić information content (AvgIpc) is 3.01. The summed E-state index contributed by atoms with van der Waals surface area (Å²) < 4.78 is 14.2. The van der Waals surface area contributed by atoms with Gasteiger partial charge in [0.15, 0.2) is 0 Å². The molecule has 0 spiro atoms. The Morgan fingerprint density at radius 3 is 2.16 bits per heavy atom. The molecule has 3 aromatic rings. The van der Waals surface area contributed by atoms with Gasteiger partial charge in [0.05, 0.1) is 12.1 Å². The van der Waals surface area contributed by atoms with E-state index in [4.69, 9.17) is 0 Å². The number of carbonyl (C=O) groups excluding carboxylic acids is 2. The van der Waals surface area contributed by atoms with Crippen molar-refractivity contribution < 1.29 is 14.0 Å². The number of rotatable bonds is 6. The van der Waals surface area contributed by atoms with Crippen LogP contribution < -0.4 is 0 Å². The minimum absolute atomic E-state index is 0.109. The van der Waals surface area contributed by atoms with Crippen molar-refractivity contribution in [2.45, 2.75) is 20.0 Å². The van der Waals surface area contributed by atoms with Crippen molar-refractivity contribution >= 4 is 17.4 Å². The Kier molecular flexibility index (Phi) is 5.67. The first-order valence-electron chi connectivity index (χ1n) is 10.1. The highest BCUT2D eigenvalue weighted by molar-refractivity contribution is 6.35. The van der Waals surface area contributed by atoms with E-state index >= 15 is 0 Å². The Labute approximate surface area is 181 Å². The predicted octanol–water partition coefficient (Wildman–Crippen LogP) is 4.55. The van der Waals surface area contributed by atoms with Crippen LogP contribution in [-0.2, 0) is 22.7 Å². The van der Waals surface area contributed by atoms with Crippen LogP contribution in [-0.4, -0.2) is 28.7 Å². The summed E-state index contributed by atoms with van der Waals surface area (Å²) in [6.45, 7) is 2.33. The highest BCUT2D eigenvalue weighted by Crippen LogP contribution is 2.33. The van der Waals surface area contributed by atoms with Crippen LogP contribution in [0.15, 0.2) is 84.6 Å². The summed E-state index contributed by atoms with van der Waals surface area (Å²) >= 11 is 0. The number of hydrogen-bond donors (Lipinski definition) is 0. The lowest BCUT2D eigenvalue weighted by molar-refractivity contribution is -0.138. The van der Waals surface area contributed by atoms with Crippen LogP contribution in [0.4, 0.5) is 4.39 Å². The molecule has 0 unspecified atom stereocenters. The van der Waals surface area contributed by atoms with Gasteiger partial charge in [-0.15, -0.1) is 0 Å². The number of benzene rings is 3. The van der Waals surface area contributed by atoms with Gasteiger partial charge in [-0.05, 0) is 24.1 Å². The summed E-state index contributed by atoms with van der Waals surface area (Å²) in [6.07, 6.45) is 0. The summed E-state index contributed by atoms with van der Waals surface area (Å²) in [7, 11) is 1.80. The molecule has 0 N–H and O–H groups in total. The Balaban J connectivity index is 1.74. The minimum atomic E-state index is -0.439. The van der Waals surface area contributed by atoms with Crippen molar-refractivity contribution in [3.05, 3.63) is 113 Å². The average molecular weight is 414 g/mol. The molecule has 4 nitrogen and oxygen atoms in total. The van der Waals surface area contributed by atoms with Gasteiger partial charge >= 0.3 is 0 Å². The zero-order valence-corrected chi connectivity index (χ0v) is 17.5. The molecule has 5 heteroatoms. The number of imide groups is 1. The van der Waals surface area contributed by atoms with Crippen LogP contribution in [0.2, 0.25) is 0 Å². The molecule has 0 radical (unpaired) electrons. The Hall–Kier alpha value is -3.73. The molecule has 1 aliphatic heterocycles. The molecular formula is C26H23FN2O2. The van der Waals surface area contributed by atoms with Gasteiger partial charge < -0.3 is 4.90 Å². The predicted molar refractivity (Wildman–Crippen MR) is 118 cm³/mol. The summed E-state index contributed by atoms with van der Waals surface area (Å²) in [6, 6.07) is 23.5. The van der Waals surface area contributed by atoms with Crippen molar-refractivity contribution in [2.75, 3.05) is 7.05 Å². The molecule has 0 bridgehead atoms. The maximum absolute atomic E-state index is 14.2. The number of hydrogen-bond acceptors (Lipinski definition) is 3. The summed E-state index contributed by atoms with van der Waals surface area (Å²) in [5, 5.41) is 0. The maximum atomic E-state index is 14.2. The van der Waals surface area contributed by atoms with Crippen molar-refractivity contribution in [1.82, 2.24) is 9.80 Å². The molecule has 156 valence electrons. The van der Waals surface area contributed by atoms with Crippen molar-refractivity contribution in [3.63, 3.8) is 0 Å². The molecule has 1 heterocycles. The molecule has 1 aliphatic rings. The molecule has 0 aliphatic carbocycles. The van der Waals surface area contributed by atoms with E-state index in [2.05, 4.69) is 0 Å². The lowest BCUT2D eigenvalue weighted by Gasteiger charge is -2.21. The highest BCUT2D eigenvalue weighted by atomic mass is 19.1. The van der Waals surface area contributed by atoms with Gasteiger partial charge in [0, 0.05) is 19.2 Å². The van der Waals surface area contributed by atoms with E-state index in [1.807, 2.05) is 61.5 Å². The van der Waals surface area contributed by atoms with Gasteiger partial charge in [-0.1, -0.05) is 78.4 Å². The van der Waals surface area contributed by atoms with Crippen LogP contribution in [0, 0.1) is 12.7 Å². The van der Waals surface area contributed by atoms with Crippen LogP contribution in [0.3, 0.4) is 0 Å². The van der Waals surface area contributed by atoms with Crippen LogP contribution in [0.1, 0.15) is 22.3 Å². The smallest absolute Gasteiger partial charge is 0.278 e. The molecular weight excluding hydrogens is 391 g/mol. The maximum Gasteiger partial charge on any atom is 0.278 e. The molecule has 0 fully saturated rings. The van der Waals surface area contributed by atoms with Crippen molar-refractivity contribution in [1.29, 1.82) is 0 Å². The van der Waals surface area contributed by atoms with Gasteiger partial charge in [0.1, 0.15) is 11.5 Å². The topological polar surface area (TPSA) is 40.6 Å². The standard InChI is InChI=1S/C26H23FN2O2/c1-18-12-14-20(15-13-18)23-24(28(2)16-19-8-4-3-5-9-19)26(31)29(25(23)30)17-21-10-6-7-11-22(21)27/h3-15H,16-17H2,1-2H3. The fourth-order valence-electron chi connectivity index (χ4n) is 3.77. The van der Waals surface area contributed by atoms with Gasteiger partial charge in [0.25, 0.3) is 11.8 Å². The van der Waals surface area contributed by atoms with E-state index in [9.17, 15) is 14.0 Å². The van der Waals surface area contributed by atoms with Crippen LogP contribution in [0.5, 0.6) is 0 Å². The number of nitrogens with zero attached hydrogens (tertiary/aromatic N) is 2. The van der Waals surface area contributed by atoms with Gasteiger partial charge in [-0.2, -0.15) is 0 Å². The number of likely N-dealkylation sites (N-methyl/N-ethyl adjacent to an activating group) is 1. The fourth-order valence-corrected chi connectivity index (χ4v) is 3.77. The monoisotopic (exact) mass is 414 g/mol. The molecule has 3 aromatic carbocycles. The Morgan fingerprint density at radius 1 is 0.839 bits per heavy atom. The minimum Gasteiger partial charge on any atom is -0.365 e. The first-order valence-corrected chi connectivity index (χ1v) is 10.1. The number of amides is 2. The lowest BCUT2D eigenvalue weighted by Crippen LogP contribution is -2.34. The third-order valence-electron chi connectivity index (χ3n) is 5.41. The van der Waals surface area contributed by atoms with Crippen LogP contribution in [0.25, 0.3) is 5.57 Å². The quantitative estimate of drug-likeness (QED) is 0.556. The second-order valence-electron chi connectivity index (χ2n) is 7.72. The molecule has 2 amide bonds. The van der Waals surface area contributed by atoms with Gasteiger partial charge in [-0.25, -0.2) is 4.39 Å². The largest absolute Gasteiger partial charge is 0.365 e. The summed E-state index contributed by atoms with van der Waals surface area (Å²) in [5.41, 5.74) is 3.74. The lowest BCUT2D eigenvalue weighted by atomic mass is 10.0. The van der Waals surface area contributed by atoms with E-state index in [-0.39, 0.29) is 6.54 Å². The first-order chi connectivity index (χ1) is 15.0. The molecule has 0 saturated heterocycles. The second kappa shape index (κ2) is 8.56. The van der Waals surface area contributed by atoms with E-state index in [1.165, 1.54) is 6.07 Å². The molecule has 0 atom stereocenters. The van der Waals surface area contributed by atoms with E-state index in [0.717, 1.165) is 16.0 Å². The van der Waals surface area contributed by atoms with Gasteiger partial charge in [-0.3, -0.25) is 14.5 Å². The normalized spacial score (nSPS) is 13.8. The third-order valence-corrected chi connectivity index (χ3v) is 5.41. The van der Waals surface area contributed by atoms with E-state index in [1.54, 1.807) is 30.1 Å². The third kappa shape index (κ3) is 4.12. The Bertz CT molecular complexity index is 1150. The van der Waals surface area contributed by atoms with E-state index in [0.29, 0.717) is 28.9 Å². The zero-order valence-electron chi connectivity index (χ0n) is 17.5. The SMILES string of the molecule is Cc1ccc(C2=C(N(C)Cc3ccccc3)C(=O)N(Cc3ccccc3F)C2=O)cc1. The van der Waals surface area contributed by atoms with E-state index < -0.39 is 17.6 Å². The van der Waals surface area contributed by atoms with Crippen molar-refractivity contribution in [2.24, 2.45) is 0 Å². The highest BCUT2D eigenvalue weighted by Gasteiger charge is 2.41. The molecule has 31 heavy (non-hydrogen) atoms. The zero-order chi connectivity index (χ0) is 22.0. The molecule has 0 aromatic heterocycles. The Morgan fingerprint density at radius 2 is 1.48 bits per heavy atom. The van der Waals surface area contributed by atoms with Gasteiger partial charge in [0.2, 0.25) is 0 Å². The molecule has 0 saturated carbocycles. The summed E-state index contributed by atoms with van der Waals surface area (Å²) in [5.74, 6) is -1.26.